The molecule has 0 unspecified atom stereocenters. The molecule has 4 rings (SSSR count). The number of sulfonamides is 1. The van der Waals surface area contributed by atoms with E-state index in [0.717, 1.165) is 28.3 Å². The summed E-state index contributed by atoms with van der Waals surface area (Å²) in [6.07, 6.45) is 1.83. The second-order valence-electron chi connectivity index (χ2n) is 10.9. The minimum Gasteiger partial charge on any atom is -0.354 e. The predicted molar refractivity (Wildman–Crippen MR) is 186 cm³/mol. The molecule has 0 spiro atoms. The zero-order valence-corrected chi connectivity index (χ0v) is 28.7. The average Bonchev–Trinajstić information content (AvgIpc) is 3.04. The molecule has 1 atom stereocenters. The third-order valence-electron chi connectivity index (χ3n) is 7.45. The molecule has 0 saturated heterocycles. The fraction of sp³-hybridized carbons (Fsp3) is 0.257. The largest absolute Gasteiger partial charge is 0.354 e. The Morgan fingerprint density at radius 1 is 0.804 bits per heavy atom. The van der Waals surface area contributed by atoms with E-state index < -0.39 is 28.5 Å². The second kappa shape index (κ2) is 16.3. The molecule has 1 N–H and O–H groups in total. The summed E-state index contributed by atoms with van der Waals surface area (Å²) in [5, 5.41) is 3.75. The van der Waals surface area contributed by atoms with Gasteiger partial charge in [0.1, 0.15) is 12.6 Å². The molecule has 0 aromatic heterocycles. The van der Waals surface area contributed by atoms with Crippen molar-refractivity contribution in [1.82, 2.24) is 10.2 Å². The molecule has 2 amide bonds. The van der Waals surface area contributed by atoms with Crippen LogP contribution in [0.1, 0.15) is 36.5 Å². The van der Waals surface area contributed by atoms with E-state index in [-0.39, 0.29) is 34.5 Å². The third kappa shape index (κ3) is 9.04. The maximum absolute atomic E-state index is 14.5. The van der Waals surface area contributed by atoms with Crippen LogP contribution in [0, 0.1) is 6.92 Å². The highest BCUT2D eigenvalue weighted by Gasteiger charge is 2.35. The van der Waals surface area contributed by atoms with Crippen molar-refractivity contribution in [2.24, 2.45) is 0 Å². The van der Waals surface area contributed by atoms with Crippen LogP contribution in [0.25, 0.3) is 0 Å². The zero-order chi connectivity index (χ0) is 33.3. The fourth-order valence-electron chi connectivity index (χ4n) is 4.90. The second-order valence-corrected chi connectivity index (χ2v) is 14.0. The minimum atomic E-state index is -4.27. The summed E-state index contributed by atoms with van der Waals surface area (Å²) in [5.41, 5.74) is 2.47. The lowest BCUT2D eigenvalue weighted by Crippen LogP contribution is -2.53. The molecule has 0 saturated carbocycles. The summed E-state index contributed by atoms with van der Waals surface area (Å²) in [4.78, 5) is 29.8. The molecule has 4 aromatic rings. The smallest absolute Gasteiger partial charge is 0.264 e. The minimum absolute atomic E-state index is 0.00000276. The Hall–Kier alpha value is -3.56. The number of anilines is 1. The van der Waals surface area contributed by atoms with Crippen LogP contribution >= 0.6 is 34.8 Å². The molecule has 0 heterocycles. The van der Waals surface area contributed by atoms with Crippen molar-refractivity contribution in [3.05, 3.63) is 129 Å². The summed E-state index contributed by atoms with van der Waals surface area (Å²) in [5.74, 6) is -0.954. The highest BCUT2D eigenvalue weighted by atomic mass is 35.5. The van der Waals surface area contributed by atoms with Crippen LogP contribution < -0.4 is 9.62 Å². The van der Waals surface area contributed by atoms with E-state index in [4.69, 9.17) is 34.8 Å². The number of rotatable bonds is 14. The van der Waals surface area contributed by atoms with E-state index >= 15 is 0 Å². The van der Waals surface area contributed by atoms with E-state index in [1.165, 1.54) is 17.0 Å². The third-order valence-corrected chi connectivity index (χ3v) is 10.3. The Morgan fingerprint density at radius 2 is 1.48 bits per heavy atom. The van der Waals surface area contributed by atoms with Gasteiger partial charge in [-0.25, -0.2) is 8.42 Å². The van der Waals surface area contributed by atoms with Gasteiger partial charge in [-0.1, -0.05) is 114 Å². The number of hydrogen-bond donors (Lipinski definition) is 1. The monoisotopic (exact) mass is 699 g/mol. The first-order valence-electron chi connectivity index (χ1n) is 14.9. The van der Waals surface area contributed by atoms with Gasteiger partial charge in [0.25, 0.3) is 10.0 Å². The molecule has 0 fully saturated rings. The Bertz CT molecular complexity index is 1750. The zero-order valence-electron chi connectivity index (χ0n) is 25.6. The van der Waals surface area contributed by atoms with Gasteiger partial charge in [-0.2, -0.15) is 0 Å². The summed E-state index contributed by atoms with van der Waals surface area (Å²) >= 11 is 19.0. The number of para-hydroxylation sites is 1. The Morgan fingerprint density at radius 3 is 2.13 bits per heavy atom. The van der Waals surface area contributed by atoms with Gasteiger partial charge in [-0.15, -0.1) is 0 Å². The maximum atomic E-state index is 14.5. The fourth-order valence-corrected chi connectivity index (χ4v) is 6.94. The standard InChI is InChI=1S/C35H36Cl3N3O4S/c1-3-4-20-39-35(43)33(22-26-10-6-5-7-11-26)40(23-27-16-19-29(36)31(38)21-27)34(42)24-41(32-13-9-8-12-30(32)37)46(44,45)28-17-14-25(2)15-18-28/h5-19,21,33H,3-4,20,22-24H2,1-2H3,(H,39,43)/t33-/m1/s1. The van der Waals surface area contributed by atoms with E-state index in [2.05, 4.69) is 5.32 Å². The normalized spacial score (nSPS) is 11.9. The van der Waals surface area contributed by atoms with E-state index in [9.17, 15) is 18.0 Å². The summed E-state index contributed by atoms with van der Waals surface area (Å²) in [6, 6.07) is 26.1. The predicted octanol–water partition coefficient (Wildman–Crippen LogP) is 7.71. The number of amides is 2. The summed E-state index contributed by atoms with van der Waals surface area (Å²) in [6.45, 7) is 3.66. The molecule has 7 nitrogen and oxygen atoms in total. The van der Waals surface area contributed by atoms with Gasteiger partial charge in [0.05, 0.1) is 25.7 Å². The lowest BCUT2D eigenvalue weighted by Gasteiger charge is -2.34. The Labute approximate surface area is 286 Å². The summed E-state index contributed by atoms with van der Waals surface area (Å²) in [7, 11) is -4.27. The lowest BCUT2D eigenvalue weighted by molar-refractivity contribution is -0.140. The van der Waals surface area contributed by atoms with E-state index in [1.54, 1.807) is 54.6 Å². The molecule has 0 radical (unpaired) electrons. The average molecular weight is 701 g/mol. The van der Waals surface area contributed by atoms with Crippen molar-refractivity contribution in [3.63, 3.8) is 0 Å². The van der Waals surface area contributed by atoms with Gasteiger partial charge in [-0.05, 0) is 60.9 Å². The molecule has 11 heteroatoms. The van der Waals surface area contributed by atoms with E-state index in [1.807, 2.05) is 44.2 Å². The van der Waals surface area contributed by atoms with Crippen LogP contribution in [-0.4, -0.2) is 44.3 Å². The van der Waals surface area contributed by atoms with Crippen molar-refractivity contribution in [1.29, 1.82) is 0 Å². The van der Waals surface area contributed by atoms with Crippen LogP contribution in [0.2, 0.25) is 15.1 Å². The quantitative estimate of drug-likeness (QED) is 0.137. The number of carbonyl (C=O) groups excluding carboxylic acids is 2. The molecule has 242 valence electrons. The van der Waals surface area contributed by atoms with Gasteiger partial charge in [0.15, 0.2) is 0 Å². The number of unbranched alkanes of at least 4 members (excludes halogenated alkanes) is 1. The molecule has 0 aliphatic heterocycles. The molecule has 0 aliphatic carbocycles. The first-order chi connectivity index (χ1) is 22.0. The number of nitrogens with zero attached hydrogens (tertiary/aromatic N) is 2. The van der Waals surface area contributed by atoms with Crippen molar-refractivity contribution in [2.75, 3.05) is 17.4 Å². The van der Waals surface area contributed by atoms with Gasteiger partial charge < -0.3 is 10.2 Å². The molecule has 0 bridgehead atoms. The molecule has 4 aromatic carbocycles. The van der Waals surface area contributed by atoms with Crippen LogP contribution in [0.5, 0.6) is 0 Å². The lowest BCUT2D eigenvalue weighted by atomic mass is 10.0. The topological polar surface area (TPSA) is 86.8 Å². The highest BCUT2D eigenvalue weighted by molar-refractivity contribution is 7.92. The van der Waals surface area contributed by atoms with Gasteiger partial charge in [-0.3, -0.25) is 13.9 Å². The van der Waals surface area contributed by atoms with Gasteiger partial charge >= 0.3 is 0 Å². The van der Waals surface area contributed by atoms with Crippen molar-refractivity contribution in [2.45, 2.75) is 50.6 Å². The number of carbonyl (C=O) groups is 2. The highest BCUT2D eigenvalue weighted by Crippen LogP contribution is 2.31. The van der Waals surface area contributed by atoms with Crippen LogP contribution in [0.3, 0.4) is 0 Å². The van der Waals surface area contributed by atoms with Crippen molar-refractivity contribution < 1.29 is 18.0 Å². The molecule has 46 heavy (non-hydrogen) atoms. The number of benzene rings is 4. The molecular weight excluding hydrogens is 665 g/mol. The van der Waals surface area contributed by atoms with Crippen molar-refractivity contribution in [3.8, 4) is 0 Å². The first kappa shape index (κ1) is 35.3. The van der Waals surface area contributed by atoms with Crippen LogP contribution in [0.4, 0.5) is 5.69 Å². The maximum Gasteiger partial charge on any atom is 0.264 e. The number of aryl methyl sites for hydroxylation is 1. The first-order valence-corrected chi connectivity index (χ1v) is 17.5. The van der Waals surface area contributed by atoms with Crippen LogP contribution in [0.15, 0.2) is 102 Å². The number of nitrogens with one attached hydrogen (secondary N) is 1. The molecule has 0 aliphatic rings. The number of hydrogen-bond acceptors (Lipinski definition) is 4. The van der Waals surface area contributed by atoms with Crippen molar-refractivity contribution >= 4 is 62.3 Å². The van der Waals surface area contributed by atoms with Crippen LogP contribution in [-0.2, 0) is 32.6 Å². The van der Waals surface area contributed by atoms with Gasteiger partial charge in [0, 0.05) is 19.5 Å². The number of halogens is 3. The molecular formula is C35H36Cl3N3O4S. The Balaban J connectivity index is 1.81. The SMILES string of the molecule is CCCCNC(=O)[C@@H](Cc1ccccc1)N(Cc1ccc(Cl)c(Cl)c1)C(=O)CN(c1ccccc1Cl)S(=O)(=O)c1ccc(C)cc1. The summed E-state index contributed by atoms with van der Waals surface area (Å²) < 4.78 is 29.3. The van der Waals surface area contributed by atoms with E-state index in [0.29, 0.717) is 22.2 Å². The van der Waals surface area contributed by atoms with Gasteiger partial charge in [0.2, 0.25) is 11.8 Å². The Kier molecular flexibility index (Phi) is 12.5.